The summed E-state index contributed by atoms with van der Waals surface area (Å²) in [7, 11) is 3.15. The molecule has 0 bridgehead atoms. The highest BCUT2D eigenvalue weighted by Gasteiger charge is 2.41. The van der Waals surface area contributed by atoms with Crippen molar-refractivity contribution < 1.29 is 24.1 Å². The summed E-state index contributed by atoms with van der Waals surface area (Å²) in [5.41, 5.74) is 0.279. The second-order valence-corrected chi connectivity index (χ2v) is 8.06. The Morgan fingerprint density at radius 1 is 0.909 bits per heavy atom. The summed E-state index contributed by atoms with van der Waals surface area (Å²) in [6.45, 7) is -0.0798. The first-order valence-corrected chi connectivity index (χ1v) is 11.1. The molecule has 0 saturated heterocycles. The number of esters is 1. The standard InChI is InChI=1S/C26H23NO5S/c1-30-22-15-9-14-21(23(22)31-2)24-27-20(17-33-24)16-32-25(28)26(29,18-10-5-3-6-11-18)19-12-7-4-8-13-19/h3-15,17,29H,16H2,1-2H3. The van der Waals surface area contributed by atoms with Crippen molar-refractivity contribution in [3.05, 3.63) is 101 Å². The molecule has 4 rings (SSSR count). The molecule has 0 aliphatic heterocycles. The van der Waals surface area contributed by atoms with Crippen LogP contribution in [0.3, 0.4) is 0 Å². The van der Waals surface area contributed by atoms with Crippen LogP contribution >= 0.6 is 11.3 Å². The molecule has 0 spiro atoms. The maximum Gasteiger partial charge on any atom is 0.348 e. The van der Waals surface area contributed by atoms with Crippen molar-refractivity contribution in [2.24, 2.45) is 0 Å². The highest BCUT2D eigenvalue weighted by molar-refractivity contribution is 7.13. The number of hydrogen-bond acceptors (Lipinski definition) is 7. The van der Waals surface area contributed by atoms with Gasteiger partial charge < -0.3 is 19.3 Å². The topological polar surface area (TPSA) is 77.9 Å². The van der Waals surface area contributed by atoms with E-state index in [0.717, 1.165) is 5.56 Å². The monoisotopic (exact) mass is 461 g/mol. The van der Waals surface area contributed by atoms with Gasteiger partial charge in [-0.2, -0.15) is 0 Å². The van der Waals surface area contributed by atoms with Gasteiger partial charge in [-0.15, -0.1) is 11.3 Å². The molecule has 4 aromatic rings. The molecule has 3 aromatic carbocycles. The zero-order valence-electron chi connectivity index (χ0n) is 18.2. The number of carbonyl (C=O) groups excluding carboxylic acids is 1. The van der Waals surface area contributed by atoms with Gasteiger partial charge in [0, 0.05) is 5.38 Å². The molecule has 1 N–H and O–H groups in total. The lowest BCUT2D eigenvalue weighted by Gasteiger charge is -2.26. The van der Waals surface area contributed by atoms with E-state index >= 15 is 0 Å². The van der Waals surface area contributed by atoms with Crippen LogP contribution in [-0.2, 0) is 21.7 Å². The third-order valence-corrected chi connectivity index (χ3v) is 6.14. The van der Waals surface area contributed by atoms with E-state index in [4.69, 9.17) is 14.2 Å². The Labute approximate surface area is 196 Å². The summed E-state index contributed by atoms with van der Waals surface area (Å²) >= 11 is 1.40. The molecular weight excluding hydrogens is 438 g/mol. The van der Waals surface area contributed by atoms with Crippen LogP contribution in [0.25, 0.3) is 10.6 Å². The highest BCUT2D eigenvalue weighted by atomic mass is 32.1. The highest BCUT2D eigenvalue weighted by Crippen LogP contribution is 2.39. The van der Waals surface area contributed by atoms with Crippen LogP contribution in [0.5, 0.6) is 11.5 Å². The van der Waals surface area contributed by atoms with Crippen molar-refractivity contribution in [3.63, 3.8) is 0 Å². The summed E-state index contributed by atoms with van der Waals surface area (Å²) in [6, 6.07) is 23.1. The minimum atomic E-state index is -1.93. The van der Waals surface area contributed by atoms with E-state index in [1.165, 1.54) is 11.3 Å². The Balaban J connectivity index is 1.57. The molecule has 1 aromatic heterocycles. The van der Waals surface area contributed by atoms with E-state index < -0.39 is 11.6 Å². The summed E-state index contributed by atoms with van der Waals surface area (Å²) < 4.78 is 16.4. The van der Waals surface area contributed by atoms with Gasteiger partial charge in [0.15, 0.2) is 11.5 Å². The lowest BCUT2D eigenvalue weighted by Crippen LogP contribution is -2.38. The molecule has 0 fully saturated rings. The normalized spacial score (nSPS) is 11.1. The van der Waals surface area contributed by atoms with Gasteiger partial charge in [-0.3, -0.25) is 0 Å². The van der Waals surface area contributed by atoms with Crippen molar-refractivity contribution in [3.8, 4) is 22.1 Å². The first kappa shape index (κ1) is 22.5. The molecule has 0 atom stereocenters. The summed E-state index contributed by atoms with van der Waals surface area (Å²) in [4.78, 5) is 17.8. The molecule has 168 valence electrons. The smallest absolute Gasteiger partial charge is 0.348 e. The Hall–Kier alpha value is -3.68. The molecule has 6 nitrogen and oxygen atoms in total. The SMILES string of the molecule is COc1cccc(-c2nc(COC(=O)C(O)(c3ccccc3)c3ccccc3)cs2)c1OC. The number of benzene rings is 3. The van der Waals surface area contributed by atoms with Crippen molar-refractivity contribution in [1.82, 2.24) is 4.98 Å². The van der Waals surface area contributed by atoms with Gasteiger partial charge in [0.2, 0.25) is 5.60 Å². The molecule has 0 aliphatic rings. The van der Waals surface area contributed by atoms with Gasteiger partial charge >= 0.3 is 5.97 Å². The van der Waals surface area contributed by atoms with Crippen LogP contribution in [0.2, 0.25) is 0 Å². The summed E-state index contributed by atoms with van der Waals surface area (Å²) in [5.74, 6) is 0.419. The third-order valence-electron chi connectivity index (χ3n) is 5.21. The molecule has 33 heavy (non-hydrogen) atoms. The summed E-state index contributed by atoms with van der Waals surface area (Å²) in [6.07, 6.45) is 0. The van der Waals surface area contributed by atoms with Crippen molar-refractivity contribution in [1.29, 1.82) is 0 Å². The molecule has 1 heterocycles. The average Bonchev–Trinajstić information content (AvgIpc) is 3.36. The van der Waals surface area contributed by atoms with E-state index in [-0.39, 0.29) is 6.61 Å². The minimum absolute atomic E-state index is 0.0798. The fraction of sp³-hybridized carbons (Fsp3) is 0.154. The van der Waals surface area contributed by atoms with Crippen molar-refractivity contribution >= 4 is 17.3 Å². The van der Waals surface area contributed by atoms with Crippen molar-refractivity contribution in [2.45, 2.75) is 12.2 Å². The molecule has 7 heteroatoms. The van der Waals surface area contributed by atoms with Gasteiger partial charge in [-0.05, 0) is 23.3 Å². The minimum Gasteiger partial charge on any atom is -0.493 e. The fourth-order valence-corrected chi connectivity index (χ4v) is 4.38. The Morgan fingerprint density at radius 2 is 1.55 bits per heavy atom. The molecule has 0 amide bonds. The quantitative estimate of drug-likeness (QED) is 0.380. The van der Waals surface area contributed by atoms with E-state index in [2.05, 4.69) is 4.98 Å². The van der Waals surface area contributed by atoms with Gasteiger partial charge in [0.05, 0.1) is 25.5 Å². The number of ether oxygens (including phenoxy) is 3. The fourth-order valence-electron chi connectivity index (χ4n) is 3.56. The predicted octanol–water partition coefficient (Wildman–Crippen LogP) is 4.81. The Bertz CT molecular complexity index is 1180. The lowest BCUT2D eigenvalue weighted by atomic mass is 9.86. The molecule has 0 radical (unpaired) electrons. The van der Waals surface area contributed by atoms with Gasteiger partial charge in [-0.25, -0.2) is 9.78 Å². The lowest BCUT2D eigenvalue weighted by molar-refractivity contribution is -0.163. The number of thiazole rings is 1. The second kappa shape index (κ2) is 9.85. The average molecular weight is 462 g/mol. The van der Waals surface area contributed by atoms with E-state index in [0.29, 0.717) is 33.3 Å². The number of carbonyl (C=O) groups is 1. The van der Waals surface area contributed by atoms with Crippen LogP contribution in [0.15, 0.2) is 84.2 Å². The zero-order valence-corrected chi connectivity index (χ0v) is 19.0. The zero-order chi connectivity index (χ0) is 23.3. The van der Waals surface area contributed by atoms with Crippen molar-refractivity contribution in [2.75, 3.05) is 14.2 Å². The number of nitrogens with zero attached hydrogens (tertiary/aromatic N) is 1. The Kier molecular flexibility index (Phi) is 6.72. The van der Waals surface area contributed by atoms with Crippen LogP contribution in [0.4, 0.5) is 0 Å². The number of para-hydroxylation sites is 1. The second-order valence-electron chi connectivity index (χ2n) is 7.20. The first-order valence-electron chi connectivity index (χ1n) is 10.2. The number of methoxy groups -OCH3 is 2. The maximum absolute atomic E-state index is 13.2. The van der Waals surface area contributed by atoms with E-state index in [9.17, 15) is 9.90 Å². The first-order chi connectivity index (χ1) is 16.1. The molecule has 0 saturated carbocycles. The molecule has 0 unspecified atom stereocenters. The number of hydrogen-bond donors (Lipinski definition) is 1. The number of rotatable bonds is 8. The van der Waals surface area contributed by atoms with Crippen LogP contribution in [0.1, 0.15) is 16.8 Å². The van der Waals surface area contributed by atoms with Gasteiger partial charge in [0.25, 0.3) is 0 Å². The largest absolute Gasteiger partial charge is 0.493 e. The Morgan fingerprint density at radius 3 is 2.12 bits per heavy atom. The molecular formula is C26H23NO5S. The number of aliphatic hydroxyl groups is 1. The summed E-state index contributed by atoms with van der Waals surface area (Å²) in [5, 5.41) is 14.0. The predicted molar refractivity (Wildman–Crippen MR) is 126 cm³/mol. The van der Waals surface area contributed by atoms with Crippen LogP contribution in [0, 0.1) is 0 Å². The third kappa shape index (κ3) is 4.46. The van der Waals surface area contributed by atoms with E-state index in [1.54, 1.807) is 62.8 Å². The van der Waals surface area contributed by atoms with Crippen LogP contribution < -0.4 is 9.47 Å². The molecule has 0 aliphatic carbocycles. The van der Waals surface area contributed by atoms with Crippen LogP contribution in [-0.4, -0.2) is 30.3 Å². The maximum atomic E-state index is 13.2. The van der Waals surface area contributed by atoms with Gasteiger partial charge in [0.1, 0.15) is 11.6 Å². The number of aromatic nitrogens is 1. The van der Waals surface area contributed by atoms with E-state index in [1.807, 2.05) is 35.7 Å². The van der Waals surface area contributed by atoms with Gasteiger partial charge in [-0.1, -0.05) is 66.7 Å².